The van der Waals surface area contributed by atoms with E-state index in [0.29, 0.717) is 5.57 Å². The first-order valence-corrected chi connectivity index (χ1v) is 5.62. The lowest BCUT2D eigenvalue weighted by Gasteiger charge is -2.39. The summed E-state index contributed by atoms with van der Waals surface area (Å²) in [4.78, 5) is 35.6. The zero-order valence-corrected chi connectivity index (χ0v) is 11.4. The summed E-state index contributed by atoms with van der Waals surface area (Å²) in [5, 5.41) is 2.41. The molecule has 6 nitrogen and oxygen atoms in total. The van der Waals surface area contributed by atoms with Gasteiger partial charge < -0.3 is 10.1 Å². The summed E-state index contributed by atoms with van der Waals surface area (Å²) in [6, 6.07) is -0.837. The molecule has 2 amide bonds. The lowest BCUT2D eigenvalue weighted by atomic mass is 10.0. The van der Waals surface area contributed by atoms with E-state index in [2.05, 4.69) is 10.1 Å². The fourth-order valence-corrected chi connectivity index (χ4v) is 1.91. The maximum atomic E-state index is 11.9. The monoisotopic (exact) mass is 270 g/mol. The molecule has 0 spiro atoms. The molecule has 1 unspecified atom stereocenters. The molecule has 1 fully saturated rings. The van der Waals surface area contributed by atoms with E-state index in [1.165, 1.54) is 14.0 Å². The van der Waals surface area contributed by atoms with Crippen molar-refractivity contribution in [2.75, 3.05) is 7.11 Å². The molecular formula is C11H14N2O4S. The number of carbonyl (C=O) groups excluding carboxylic acids is 3. The van der Waals surface area contributed by atoms with Gasteiger partial charge in [0.15, 0.2) is 6.04 Å². The first-order valence-electron chi connectivity index (χ1n) is 5.22. The number of likely N-dealkylation sites (tertiary alicyclic amines) is 1. The number of β-lactam (4-membered cyclic amide) rings is 1. The Morgan fingerprint density at radius 3 is 2.22 bits per heavy atom. The molecule has 0 aliphatic carbocycles. The number of rotatable bonds is 3. The SMILES string of the molecule is COC(=O)C(=C(C)C)N1C(=O)C(NC(C)=O)C1=S. The van der Waals surface area contributed by atoms with E-state index in [0.717, 1.165) is 4.90 Å². The Labute approximate surface area is 110 Å². The molecule has 1 aliphatic heterocycles. The van der Waals surface area contributed by atoms with Gasteiger partial charge in [0.2, 0.25) is 5.91 Å². The Bertz CT molecular complexity index is 450. The fourth-order valence-electron chi connectivity index (χ4n) is 1.57. The first-order chi connectivity index (χ1) is 8.31. The number of ether oxygens (including phenoxy) is 1. The van der Waals surface area contributed by atoms with Crippen LogP contribution in [-0.2, 0) is 19.1 Å². The number of nitrogens with zero attached hydrogens (tertiary/aromatic N) is 1. The van der Waals surface area contributed by atoms with Crippen molar-refractivity contribution in [1.29, 1.82) is 0 Å². The van der Waals surface area contributed by atoms with Crippen LogP contribution >= 0.6 is 12.2 Å². The molecule has 1 atom stereocenters. The molecule has 0 bridgehead atoms. The van der Waals surface area contributed by atoms with Crippen LogP contribution in [0.15, 0.2) is 11.3 Å². The van der Waals surface area contributed by atoms with Gasteiger partial charge in [-0.15, -0.1) is 0 Å². The van der Waals surface area contributed by atoms with Crippen LogP contribution in [0.2, 0.25) is 0 Å². The summed E-state index contributed by atoms with van der Waals surface area (Å²) in [5.41, 5.74) is 0.716. The summed E-state index contributed by atoms with van der Waals surface area (Å²) in [6.45, 7) is 4.64. The molecule has 1 rings (SSSR count). The summed E-state index contributed by atoms with van der Waals surface area (Å²) < 4.78 is 4.61. The third-order valence-corrected chi connectivity index (χ3v) is 2.78. The molecule has 0 saturated carbocycles. The van der Waals surface area contributed by atoms with Crippen molar-refractivity contribution in [1.82, 2.24) is 10.2 Å². The number of nitrogens with one attached hydrogen (secondary N) is 1. The molecule has 0 aromatic rings. The van der Waals surface area contributed by atoms with Gasteiger partial charge in [-0.05, 0) is 19.4 Å². The van der Waals surface area contributed by atoms with Gasteiger partial charge in [0.05, 0.1) is 7.11 Å². The van der Waals surface area contributed by atoms with Gasteiger partial charge in [0.25, 0.3) is 5.91 Å². The first kappa shape index (κ1) is 14.3. The smallest absolute Gasteiger partial charge is 0.355 e. The Hall–Kier alpha value is -1.76. The number of hydrogen-bond acceptors (Lipinski definition) is 5. The molecule has 1 N–H and O–H groups in total. The molecular weight excluding hydrogens is 256 g/mol. The highest BCUT2D eigenvalue weighted by atomic mass is 32.1. The second-order valence-electron chi connectivity index (χ2n) is 3.99. The summed E-state index contributed by atoms with van der Waals surface area (Å²) >= 11 is 5.03. The summed E-state index contributed by atoms with van der Waals surface area (Å²) in [7, 11) is 1.23. The van der Waals surface area contributed by atoms with E-state index >= 15 is 0 Å². The standard InChI is InChI=1S/C11H14N2O4S/c1-5(2)8(11(16)17-4)13-9(15)7(10(13)18)12-6(3)14/h7H,1-4H3,(H,12,14). The Kier molecular flexibility index (Phi) is 4.18. The van der Waals surface area contributed by atoms with Gasteiger partial charge in [0, 0.05) is 6.92 Å². The van der Waals surface area contributed by atoms with E-state index in [1.54, 1.807) is 13.8 Å². The van der Waals surface area contributed by atoms with Gasteiger partial charge in [-0.25, -0.2) is 4.79 Å². The van der Waals surface area contributed by atoms with Crippen molar-refractivity contribution in [2.45, 2.75) is 26.8 Å². The normalized spacial score (nSPS) is 18.0. The van der Waals surface area contributed by atoms with Gasteiger partial charge in [-0.1, -0.05) is 12.2 Å². The largest absolute Gasteiger partial charge is 0.464 e. The number of amides is 2. The average molecular weight is 270 g/mol. The predicted octanol–water partition coefficient (Wildman–Crippen LogP) is 0.128. The maximum Gasteiger partial charge on any atom is 0.355 e. The minimum absolute atomic E-state index is 0.106. The second-order valence-corrected chi connectivity index (χ2v) is 4.40. The average Bonchev–Trinajstić information content (AvgIpc) is 2.30. The summed E-state index contributed by atoms with van der Waals surface area (Å²) in [5.74, 6) is -1.42. The minimum Gasteiger partial charge on any atom is -0.464 e. The zero-order valence-electron chi connectivity index (χ0n) is 10.6. The lowest BCUT2D eigenvalue weighted by molar-refractivity contribution is -0.142. The predicted molar refractivity (Wildman–Crippen MR) is 67.4 cm³/mol. The molecule has 7 heteroatoms. The van der Waals surface area contributed by atoms with Crippen LogP contribution in [0, 0.1) is 0 Å². The van der Waals surface area contributed by atoms with Crippen molar-refractivity contribution in [3.63, 3.8) is 0 Å². The van der Waals surface area contributed by atoms with Crippen molar-refractivity contribution >= 4 is 35.0 Å². The van der Waals surface area contributed by atoms with Crippen molar-refractivity contribution in [2.24, 2.45) is 0 Å². The van der Waals surface area contributed by atoms with Crippen LogP contribution in [0.4, 0.5) is 0 Å². The van der Waals surface area contributed by atoms with E-state index in [1.807, 2.05) is 0 Å². The molecule has 0 aromatic heterocycles. The van der Waals surface area contributed by atoms with Crippen molar-refractivity contribution in [3.8, 4) is 0 Å². The number of hydrogen-bond donors (Lipinski definition) is 1. The molecule has 1 saturated heterocycles. The number of esters is 1. The topological polar surface area (TPSA) is 75.7 Å². The highest BCUT2D eigenvalue weighted by molar-refractivity contribution is 7.80. The Morgan fingerprint density at radius 2 is 1.89 bits per heavy atom. The van der Waals surface area contributed by atoms with Crippen LogP contribution in [0.1, 0.15) is 20.8 Å². The number of carbonyl (C=O) groups is 3. The quantitative estimate of drug-likeness (QED) is 0.341. The maximum absolute atomic E-state index is 11.9. The van der Waals surface area contributed by atoms with Gasteiger partial charge in [-0.3, -0.25) is 14.5 Å². The molecule has 98 valence electrons. The van der Waals surface area contributed by atoms with Gasteiger partial charge >= 0.3 is 5.97 Å². The molecule has 0 aromatic carbocycles. The lowest BCUT2D eigenvalue weighted by Crippen LogP contribution is -2.67. The van der Waals surface area contributed by atoms with Crippen LogP contribution in [0.25, 0.3) is 0 Å². The van der Waals surface area contributed by atoms with Crippen LogP contribution < -0.4 is 5.32 Å². The minimum atomic E-state index is -0.837. The highest BCUT2D eigenvalue weighted by Gasteiger charge is 2.47. The van der Waals surface area contributed by atoms with Gasteiger partial charge in [-0.2, -0.15) is 0 Å². The van der Waals surface area contributed by atoms with Gasteiger partial charge in [0.1, 0.15) is 10.7 Å². The van der Waals surface area contributed by atoms with E-state index in [4.69, 9.17) is 12.2 Å². The van der Waals surface area contributed by atoms with E-state index < -0.39 is 17.9 Å². The Morgan fingerprint density at radius 1 is 1.33 bits per heavy atom. The summed E-state index contributed by atoms with van der Waals surface area (Å²) in [6.07, 6.45) is 0. The number of methoxy groups -OCH3 is 1. The highest BCUT2D eigenvalue weighted by Crippen LogP contribution is 2.24. The number of thiocarbonyl (C=S) groups is 1. The molecule has 1 aliphatic rings. The molecule has 0 radical (unpaired) electrons. The zero-order chi connectivity index (χ0) is 14.0. The van der Waals surface area contributed by atoms with E-state index in [-0.39, 0.29) is 16.6 Å². The van der Waals surface area contributed by atoms with E-state index in [9.17, 15) is 14.4 Å². The Balaban J connectivity index is 2.97. The van der Waals surface area contributed by atoms with Crippen molar-refractivity contribution in [3.05, 3.63) is 11.3 Å². The second kappa shape index (κ2) is 5.26. The third kappa shape index (κ3) is 2.40. The number of allylic oxidation sites excluding steroid dienone is 1. The third-order valence-electron chi connectivity index (χ3n) is 2.36. The molecule has 1 heterocycles. The molecule has 18 heavy (non-hydrogen) atoms. The fraction of sp³-hybridized carbons (Fsp3) is 0.455. The van der Waals surface area contributed by atoms with Crippen LogP contribution in [-0.4, -0.2) is 40.8 Å². The van der Waals surface area contributed by atoms with Crippen LogP contribution in [0.5, 0.6) is 0 Å². The van der Waals surface area contributed by atoms with Crippen LogP contribution in [0.3, 0.4) is 0 Å². The van der Waals surface area contributed by atoms with Crippen molar-refractivity contribution < 1.29 is 19.1 Å².